The van der Waals surface area contributed by atoms with Gasteiger partial charge in [-0.15, -0.1) is 10.1 Å². The maximum Gasteiger partial charge on any atom is 0.436 e. The molecule has 0 amide bonds. The molecule has 41 heavy (non-hydrogen) atoms. The van der Waals surface area contributed by atoms with Crippen molar-refractivity contribution in [1.82, 2.24) is 9.31 Å². The van der Waals surface area contributed by atoms with Crippen LogP contribution in [0.3, 0.4) is 0 Å². The quantitative estimate of drug-likeness (QED) is 0.240. The molecule has 2 atom stereocenters. The largest absolute Gasteiger partial charge is 0.436 e. The molecule has 12 heteroatoms. The lowest BCUT2D eigenvalue weighted by atomic mass is 9.86. The maximum atomic E-state index is 13.8. The summed E-state index contributed by atoms with van der Waals surface area (Å²) in [4.78, 5) is 1.92. The summed E-state index contributed by atoms with van der Waals surface area (Å²) in [7, 11) is -0.502. The van der Waals surface area contributed by atoms with Crippen LogP contribution in [0, 0.1) is 0 Å². The van der Waals surface area contributed by atoms with Gasteiger partial charge in [-0.1, -0.05) is 54.1 Å². The molecule has 0 aliphatic carbocycles. The summed E-state index contributed by atoms with van der Waals surface area (Å²) in [5.74, 6) is -3.06. The Labute approximate surface area is 244 Å². The van der Waals surface area contributed by atoms with Gasteiger partial charge in [0.2, 0.25) is 0 Å². The molecule has 0 bridgehead atoms. The number of hydrogen-bond acceptors (Lipinski definition) is 4. The standard InChI is InChI=1S/C29H32ClF2N6O2S/c1-21-26(22-7-5-4-6-8-22)27(23-9-11-24(30)12-10-23)33-38(21)28(36-17-13-25(14-18-36)35(2)3)34-41(39,40)37-19-15-29(31,32)16-20-37/h4-14,17-18,21,26H,15-16,19-20H2,1-3H3/q+1/t21-,26-/m1/s1. The summed E-state index contributed by atoms with van der Waals surface area (Å²) in [5, 5.41) is 7.15. The van der Waals surface area contributed by atoms with Gasteiger partial charge in [0.15, 0.2) is 0 Å². The first kappa shape index (κ1) is 29.1. The highest BCUT2D eigenvalue weighted by atomic mass is 35.5. The van der Waals surface area contributed by atoms with Crippen molar-refractivity contribution < 1.29 is 21.8 Å². The molecule has 5 rings (SSSR count). The predicted molar refractivity (Wildman–Crippen MR) is 157 cm³/mol. The van der Waals surface area contributed by atoms with Crippen LogP contribution in [0.2, 0.25) is 5.02 Å². The first-order valence-electron chi connectivity index (χ1n) is 13.3. The van der Waals surface area contributed by atoms with Gasteiger partial charge in [-0.2, -0.15) is 12.7 Å². The van der Waals surface area contributed by atoms with Gasteiger partial charge in [0.25, 0.3) is 5.92 Å². The molecule has 3 heterocycles. The van der Waals surface area contributed by atoms with Crippen molar-refractivity contribution in [1.29, 1.82) is 0 Å². The van der Waals surface area contributed by atoms with Gasteiger partial charge < -0.3 is 4.90 Å². The van der Waals surface area contributed by atoms with E-state index in [1.54, 1.807) is 34.1 Å². The van der Waals surface area contributed by atoms with Crippen molar-refractivity contribution >= 4 is 39.2 Å². The normalized spacial score (nSPS) is 21.6. The Bertz CT molecular complexity index is 1540. The first-order valence-corrected chi connectivity index (χ1v) is 15.1. The fourth-order valence-corrected chi connectivity index (χ4v) is 6.35. The van der Waals surface area contributed by atoms with E-state index in [1.807, 2.05) is 80.5 Å². The monoisotopic (exact) mass is 601 g/mol. The predicted octanol–water partition coefficient (Wildman–Crippen LogP) is 4.77. The molecule has 2 aromatic carbocycles. The van der Waals surface area contributed by atoms with Crippen LogP contribution < -0.4 is 9.47 Å². The molecule has 0 N–H and O–H groups in total. The average molecular weight is 602 g/mol. The second-order valence-electron chi connectivity index (χ2n) is 10.4. The molecule has 1 aromatic heterocycles. The molecule has 2 aliphatic rings. The van der Waals surface area contributed by atoms with Crippen molar-refractivity contribution in [3.8, 4) is 0 Å². The van der Waals surface area contributed by atoms with Gasteiger partial charge in [0.1, 0.15) is 6.04 Å². The van der Waals surface area contributed by atoms with Gasteiger partial charge in [-0.25, -0.2) is 13.3 Å². The van der Waals surface area contributed by atoms with Crippen LogP contribution in [-0.2, 0) is 10.2 Å². The number of hydrazone groups is 1. The number of halogens is 3. The van der Waals surface area contributed by atoms with Crippen LogP contribution in [-0.4, -0.2) is 68.6 Å². The van der Waals surface area contributed by atoms with E-state index < -0.39 is 29.0 Å². The average Bonchev–Trinajstić information content (AvgIpc) is 3.29. The minimum absolute atomic E-state index is 0.0463. The van der Waals surface area contributed by atoms with Crippen LogP contribution in [0.4, 0.5) is 14.5 Å². The summed E-state index contributed by atoms with van der Waals surface area (Å²) in [5.41, 5.74) is 3.48. The van der Waals surface area contributed by atoms with Crippen LogP contribution in [0.5, 0.6) is 0 Å². The fraction of sp³-hybridized carbons (Fsp3) is 0.345. The summed E-state index contributed by atoms with van der Waals surface area (Å²) in [6, 6.07) is 20.5. The third-order valence-electron chi connectivity index (χ3n) is 7.42. The number of anilines is 1. The summed E-state index contributed by atoms with van der Waals surface area (Å²) < 4.78 is 61.6. The third kappa shape index (κ3) is 6.27. The van der Waals surface area contributed by atoms with E-state index in [4.69, 9.17) is 16.7 Å². The Hall–Kier alpha value is -3.41. The Morgan fingerprint density at radius 2 is 1.63 bits per heavy atom. The van der Waals surface area contributed by atoms with E-state index in [0.717, 1.165) is 26.8 Å². The summed E-state index contributed by atoms with van der Waals surface area (Å²) in [6.45, 7) is 1.35. The minimum Gasteiger partial charge on any atom is -0.377 e. The highest BCUT2D eigenvalue weighted by Gasteiger charge is 2.46. The number of piperidine rings is 1. The van der Waals surface area contributed by atoms with Crippen molar-refractivity contribution in [3.63, 3.8) is 0 Å². The Morgan fingerprint density at radius 1 is 1.02 bits per heavy atom. The zero-order chi connectivity index (χ0) is 29.4. The lowest BCUT2D eigenvalue weighted by molar-refractivity contribution is -0.565. The molecular formula is C29H32ClF2N6O2S+. The van der Waals surface area contributed by atoms with Gasteiger partial charge in [-0.05, 0) is 42.3 Å². The molecule has 8 nitrogen and oxygen atoms in total. The maximum absolute atomic E-state index is 13.8. The number of pyridine rings is 1. The number of nitrogens with zero attached hydrogens (tertiary/aromatic N) is 6. The van der Waals surface area contributed by atoms with Crippen LogP contribution in [0.25, 0.3) is 0 Å². The van der Waals surface area contributed by atoms with Gasteiger partial charge in [0, 0.05) is 55.1 Å². The molecule has 216 valence electrons. The Morgan fingerprint density at radius 3 is 2.22 bits per heavy atom. The van der Waals surface area contributed by atoms with Crippen LogP contribution in [0.15, 0.2) is 88.6 Å². The smallest absolute Gasteiger partial charge is 0.377 e. The highest BCUT2D eigenvalue weighted by Crippen LogP contribution is 2.35. The molecule has 0 unspecified atom stereocenters. The van der Waals surface area contributed by atoms with E-state index in [9.17, 15) is 17.2 Å². The second kappa shape index (κ2) is 11.5. The summed E-state index contributed by atoms with van der Waals surface area (Å²) >= 11 is 6.16. The molecule has 2 aliphatic heterocycles. The van der Waals surface area contributed by atoms with Crippen molar-refractivity contribution in [2.45, 2.75) is 37.6 Å². The lowest BCUT2D eigenvalue weighted by Crippen LogP contribution is -2.54. The van der Waals surface area contributed by atoms with E-state index in [0.29, 0.717) is 5.02 Å². The molecule has 1 fully saturated rings. The zero-order valence-corrected chi connectivity index (χ0v) is 24.6. The second-order valence-corrected chi connectivity index (χ2v) is 12.5. The molecule has 0 radical (unpaired) electrons. The SMILES string of the molecule is C[C@@H]1[C@H](c2ccccc2)C(c2ccc(Cl)cc2)=NN1C(=NS(=O)(=O)N1CCC(F)(F)CC1)[n+]1ccc(N(C)C)cc1. The molecule has 3 aromatic rings. The molecule has 1 saturated heterocycles. The van der Waals surface area contributed by atoms with E-state index >= 15 is 0 Å². The molecule has 0 saturated carbocycles. The number of hydrogen-bond donors (Lipinski definition) is 0. The number of rotatable bonds is 5. The van der Waals surface area contributed by atoms with Crippen LogP contribution >= 0.6 is 11.6 Å². The Kier molecular flexibility index (Phi) is 8.13. The van der Waals surface area contributed by atoms with E-state index in [-0.39, 0.29) is 31.0 Å². The van der Waals surface area contributed by atoms with Crippen LogP contribution in [0.1, 0.15) is 36.8 Å². The van der Waals surface area contributed by atoms with Gasteiger partial charge in [-0.3, -0.25) is 0 Å². The molecule has 0 spiro atoms. The fourth-order valence-electron chi connectivity index (χ4n) is 5.08. The number of alkyl halides is 2. The van der Waals surface area contributed by atoms with Gasteiger partial charge in [0.05, 0.1) is 24.0 Å². The van der Waals surface area contributed by atoms with Crippen molar-refractivity contribution in [3.05, 3.63) is 95.3 Å². The lowest BCUT2D eigenvalue weighted by Gasteiger charge is -2.28. The van der Waals surface area contributed by atoms with E-state index in [2.05, 4.69) is 4.40 Å². The highest BCUT2D eigenvalue weighted by molar-refractivity contribution is 7.87. The van der Waals surface area contributed by atoms with E-state index in [1.165, 1.54) is 0 Å². The van der Waals surface area contributed by atoms with Crippen molar-refractivity contribution in [2.75, 3.05) is 32.1 Å². The van der Waals surface area contributed by atoms with Gasteiger partial charge >= 0.3 is 16.2 Å². The molecular weight excluding hydrogens is 570 g/mol. The van der Waals surface area contributed by atoms with Crippen molar-refractivity contribution in [2.24, 2.45) is 9.50 Å². The topological polar surface area (TPSA) is 72.5 Å². The minimum atomic E-state index is -4.31. The first-order chi connectivity index (χ1) is 19.4. The Balaban J connectivity index is 1.63. The number of benzene rings is 2. The summed E-state index contributed by atoms with van der Waals surface area (Å²) in [6.07, 6.45) is 2.34. The number of aromatic nitrogens is 1. The third-order valence-corrected chi connectivity index (χ3v) is 9.08. The zero-order valence-electron chi connectivity index (χ0n) is 23.0.